The van der Waals surface area contributed by atoms with Crippen molar-refractivity contribution in [1.29, 1.82) is 0 Å². The molecule has 0 aliphatic rings. The van der Waals surface area contributed by atoms with Crippen LogP contribution in [0.1, 0.15) is 0 Å². The van der Waals surface area contributed by atoms with Crippen molar-refractivity contribution in [2.45, 2.75) is 0 Å². The third-order valence-corrected chi connectivity index (χ3v) is 2.71. The molecule has 0 atom stereocenters. The van der Waals surface area contributed by atoms with Gasteiger partial charge in [0.05, 0.1) is 5.69 Å². The van der Waals surface area contributed by atoms with Crippen molar-refractivity contribution >= 4 is 10.9 Å². The number of rotatable bonds is 1. The number of hydrogen-bond donors (Lipinski definition) is 1. The Morgan fingerprint density at radius 3 is 2.71 bits per heavy atom. The number of pyridine rings is 2. The average molecular weight is 222 g/mol. The molecule has 1 N–H and O–H groups in total. The molecule has 0 fully saturated rings. The highest BCUT2D eigenvalue weighted by molar-refractivity contribution is 5.93. The number of fused-ring (bicyclic) bond motifs is 1. The van der Waals surface area contributed by atoms with Crippen LogP contribution >= 0.6 is 0 Å². The Balaban J connectivity index is 2.34. The van der Waals surface area contributed by atoms with Gasteiger partial charge in [-0.25, -0.2) is 0 Å². The molecule has 1 aromatic carbocycles. The lowest BCUT2D eigenvalue weighted by molar-refractivity contribution is 1.30. The number of benzene rings is 1. The van der Waals surface area contributed by atoms with Gasteiger partial charge in [0.25, 0.3) is 0 Å². The Morgan fingerprint density at radius 1 is 0.941 bits per heavy atom. The van der Waals surface area contributed by atoms with Crippen LogP contribution in [0.3, 0.4) is 0 Å². The maximum Gasteiger partial charge on any atom is 0.248 e. The highest BCUT2D eigenvalue weighted by Gasteiger charge is 2.04. The molecule has 3 aromatic rings. The minimum atomic E-state index is -0.0873. The van der Waals surface area contributed by atoms with E-state index in [0.717, 1.165) is 22.2 Å². The monoisotopic (exact) mass is 222 g/mol. The molecule has 2 aromatic heterocycles. The Morgan fingerprint density at radius 2 is 1.88 bits per heavy atom. The van der Waals surface area contributed by atoms with Crippen molar-refractivity contribution < 1.29 is 0 Å². The number of hydrogen-bond acceptors (Lipinski definition) is 2. The van der Waals surface area contributed by atoms with Gasteiger partial charge >= 0.3 is 0 Å². The van der Waals surface area contributed by atoms with E-state index in [2.05, 4.69) is 9.97 Å². The molecule has 17 heavy (non-hydrogen) atoms. The van der Waals surface area contributed by atoms with Crippen molar-refractivity contribution in [3.05, 3.63) is 65.1 Å². The summed E-state index contributed by atoms with van der Waals surface area (Å²) in [6, 6.07) is 15.0. The standard InChI is InChI=1S/C14H10N2O/c17-14-8-7-11-10(4-3-6-13(11)16-14)12-5-1-2-9-15-12/h1-9H,(H,16,17). The number of aromatic amines is 1. The maximum absolute atomic E-state index is 11.3. The smallest absolute Gasteiger partial charge is 0.248 e. The van der Waals surface area contributed by atoms with Crippen LogP contribution in [0.25, 0.3) is 22.2 Å². The molecule has 2 heterocycles. The van der Waals surface area contributed by atoms with Crippen molar-refractivity contribution in [3.8, 4) is 11.3 Å². The van der Waals surface area contributed by atoms with Crippen LogP contribution in [-0.2, 0) is 0 Å². The lowest BCUT2D eigenvalue weighted by Crippen LogP contribution is -2.02. The zero-order valence-electron chi connectivity index (χ0n) is 9.05. The molecule has 0 unspecified atom stereocenters. The third kappa shape index (κ3) is 1.72. The van der Waals surface area contributed by atoms with Gasteiger partial charge in [0.1, 0.15) is 0 Å². The lowest BCUT2D eigenvalue weighted by atomic mass is 10.1. The molecule has 0 bridgehead atoms. The second-order valence-electron chi connectivity index (χ2n) is 3.80. The molecule has 3 nitrogen and oxygen atoms in total. The summed E-state index contributed by atoms with van der Waals surface area (Å²) in [5.74, 6) is 0. The van der Waals surface area contributed by atoms with Gasteiger partial charge in [-0.1, -0.05) is 18.2 Å². The molecule has 3 rings (SSSR count). The lowest BCUT2D eigenvalue weighted by Gasteiger charge is -2.04. The third-order valence-electron chi connectivity index (χ3n) is 2.71. The van der Waals surface area contributed by atoms with E-state index in [1.807, 2.05) is 42.5 Å². The largest absolute Gasteiger partial charge is 0.322 e. The molecular formula is C14H10N2O. The second-order valence-corrected chi connectivity index (χ2v) is 3.80. The summed E-state index contributed by atoms with van der Waals surface area (Å²) in [5.41, 5.74) is 2.68. The summed E-state index contributed by atoms with van der Waals surface area (Å²) >= 11 is 0. The summed E-state index contributed by atoms with van der Waals surface area (Å²) in [4.78, 5) is 18.4. The Kier molecular flexibility index (Phi) is 2.22. The first kappa shape index (κ1) is 9.78. The van der Waals surface area contributed by atoms with Crippen molar-refractivity contribution in [1.82, 2.24) is 9.97 Å². The van der Waals surface area contributed by atoms with E-state index in [4.69, 9.17) is 0 Å². The Hall–Kier alpha value is -2.42. The van der Waals surface area contributed by atoms with Gasteiger partial charge in [0.2, 0.25) is 5.56 Å². The first-order valence-corrected chi connectivity index (χ1v) is 5.38. The molecule has 0 saturated heterocycles. The molecular weight excluding hydrogens is 212 g/mol. The average Bonchev–Trinajstić information content (AvgIpc) is 2.39. The van der Waals surface area contributed by atoms with E-state index >= 15 is 0 Å². The van der Waals surface area contributed by atoms with Crippen LogP contribution in [0.15, 0.2) is 59.5 Å². The Labute approximate surface area is 97.8 Å². The van der Waals surface area contributed by atoms with E-state index in [0.29, 0.717) is 0 Å². The first-order chi connectivity index (χ1) is 8.34. The number of aromatic nitrogens is 2. The predicted octanol–water partition coefficient (Wildman–Crippen LogP) is 2.59. The highest BCUT2D eigenvalue weighted by atomic mass is 16.1. The van der Waals surface area contributed by atoms with E-state index < -0.39 is 0 Å². The molecule has 0 aliphatic heterocycles. The normalized spacial score (nSPS) is 10.6. The molecule has 82 valence electrons. The molecule has 0 aliphatic carbocycles. The van der Waals surface area contributed by atoms with Crippen molar-refractivity contribution in [3.63, 3.8) is 0 Å². The van der Waals surface area contributed by atoms with Gasteiger partial charge in [-0.15, -0.1) is 0 Å². The van der Waals surface area contributed by atoms with E-state index in [9.17, 15) is 4.79 Å². The fourth-order valence-corrected chi connectivity index (χ4v) is 1.93. The van der Waals surface area contributed by atoms with Crippen LogP contribution in [0.4, 0.5) is 0 Å². The van der Waals surface area contributed by atoms with Crippen LogP contribution in [0.5, 0.6) is 0 Å². The summed E-state index contributed by atoms with van der Waals surface area (Å²) in [7, 11) is 0. The maximum atomic E-state index is 11.3. The zero-order chi connectivity index (χ0) is 11.7. The van der Waals surface area contributed by atoms with Crippen LogP contribution in [-0.4, -0.2) is 9.97 Å². The topological polar surface area (TPSA) is 45.8 Å². The summed E-state index contributed by atoms with van der Waals surface area (Å²) in [5, 5.41) is 1.01. The van der Waals surface area contributed by atoms with E-state index in [-0.39, 0.29) is 5.56 Å². The SMILES string of the molecule is O=c1ccc2c(-c3ccccn3)cccc2[nH]1. The van der Waals surface area contributed by atoms with Gasteiger partial charge in [0, 0.05) is 28.7 Å². The summed E-state index contributed by atoms with van der Waals surface area (Å²) in [6.45, 7) is 0. The molecule has 3 heteroatoms. The second kappa shape index (κ2) is 3.87. The minimum absolute atomic E-state index is 0.0873. The summed E-state index contributed by atoms with van der Waals surface area (Å²) < 4.78 is 0. The van der Waals surface area contributed by atoms with E-state index in [1.54, 1.807) is 6.20 Å². The molecule has 0 radical (unpaired) electrons. The van der Waals surface area contributed by atoms with Gasteiger partial charge in [0.15, 0.2) is 0 Å². The number of H-pyrrole nitrogens is 1. The zero-order valence-corrected chi connectivity index (χ0v) is 9.05. The molecule has 0 amide bonds. The fraction of sp³-hybridized carbons (Fsp3) is 0. The first-order valence-electron chi connectivity index (χ1n) is 5.38. The van der Waals surface area contributed by atoms with Gasteiger partial charge in [-0.2, -0.15) is 0 Å². The van der Waals surface area contributed by atoms with Crippen LogP contribution in [0, 0.1) is 0 Å². The van der Waals surface area contributed by atoms with Crippen molar-refractivity contribution in [2.24, 2.45) is 0 Å². The molecule has 0 spiro atoms. The predicted molar refractivity (Wildman–Crippen MR) is 67.8 cm³/mol. The summed E-state index contributed by atoms with van der Waals surface area (Å²) in [6.07, 6.45) is 1.76. The number of nitrogens with zero attached hydrogens (tertiary/aromatic N) is 1. The fourth-order valence-electron chi connectivity index (χ4n) is 1.93. The van der Waals surface area contributed by atoms with Gasteiger partial charge in [-0.05, 0) is 24.3 Å². The van der Waals surface area contributed by atoms with Crippen LogP contribution in [0.2, 0.25) is 0 Å². The van der Waals surface area contributed by atoms with Crippen molar-refractivity contribution in [2.75, 3.05) is 0 Å². The quantitative estimate of drug-likeness (QED) is 0.687. The molecule has 0 saturated carbocycles. The van der Waals surface area contributed by atoms with Gasteiger partial charge < -0.3 is 4.98 Å². The van der Waals surface area contributed by atoms with Gasteiger partial charge in [-0.3, -0.25) is 9.78 Å². The van der Waals surface area contributed by atoms with E-state index in [1.165, 1.54) is 6.07 Å². The minimum Gasteiger partial charge on any atom is -0.322 e. The number of nitrogens with one attached hydrogen (secondary N) is 1. The highest BCUT2D eigenvalue weighted by Crippen LogP contribution is 2.24. The Bertz CT molecular complexity index is 717. The van der Waals surface area contributed by atoms with Crippen LogP contribution < -0.4 is 5.56 Å².